The fourth-order valence-corrected chi connectivity index (χ4v) is 2.91. The molecule has 0 spiro atoms. The zero-order valence-corrected chi connectivity index (χ0v) is 13.6. The zero-order valence-electron chi connectivity index (χ0n) is 12.1. The molecule has 8 heteroatoms. The number of nitrogens with one attached hydrogen (secondary N) is 1. The van der Waals surface area contributed by atoms with E-state index in [0.717, 1.165) is 31.6 Å². The number of aliphatic hydroxyl groups is 1. The minimum Gasteiger partial charge on any atom is -0.475 e. The summed E-state index contributed by atoms with van der Waals surface area (Å²) in [5.74, 6) is 5.39. The number of ether oxygens (including phenoxy) is 1. The Labute approximate surface area is 139 Å². The molecular formula is C14H20Cl2N4O2. The lowest BCUT2D eigenvalue weighted by atomic mass is 10.1. The second-order valence-electron chi connectivity index (χ2n) is 5.08. The summed E-state index contributed by atoms with van der Waals surface area (Å²) in [7, 11) is 0. The number of aliphatic hydroxyl groups excluding tert-OH is 1. The second kappa shape index (κ2) is 7.78. The van der Waals surface area contributed by atoms with E-state index in [4.69, 9.17) is 44.6 Å². The molecule has 1 saturated heterocycles. The standard InChI is InChI=1S/C14H20Cl2N4O2/c15-9-5-10(16)7-11(6-9)20-3-1-12(2-4-20)22-14(17)13(8-21)19-18/h5-7,12,19,21H,1-4,8,17-18H2/b14-13+. The molecule has 6 nitrogen and oxygen atoms in total. The van der Waals surface area contributed by atoms with Crippen molar-refractivity contribution >= 4 is 28.9 Å². The van der Waals surface area contributed by atoms with E-state index in [1.165, 1.54) is 0 Å². The first-order valence-corrected chi connectivity index (χ1v) is 7.73. The number of rotatable bonds is 5. The molecule has 0 bridgehead atoms. The monoisotopic (exact) mass is 346 g/mol. The van der Waals surface area contributed by atoms with Crippen LogP contribution in [-0.2, 0) is 4.74 Å². The van der Waals surface area contributed by atoms with Crippen molar-refractivity contribution in [1.29, 1.82) is 0 Å². The first-order valence-electron chi connectivity index (χ1n) is 6.97. The van der Waals surface area contributed by atoms with E-state index in [9.17, 15) is 0 Å². The molecule has 1 aliphatic heterocycles. The van der Waals surface area contributed by atoms with Crippen LogP contribution in [-0.4, -0.2) is 30.9 Å². The van der Waals surface area contributed by atoms with Crippen LogP contribution in [0.25, 0.3) is 0 Å². The summed E-state index contributed by atoms with van der Waals surface area (Å²) in [5.41, 5.74) is 9.37. The van der Waals surface area contributed by atoms with Gasteiger partial charge in [-0.05, 0) is 18.2 Å². The number of benzene rings is 1. The third-order valence-corrected chi connectivity index (χ3v) is 4.01. The number of anilines is 1. The van der Waals surface area contributed by atoms with E-state index < -0.39 is 0 Å². The number of hydrogen-bond donors (Lipinski definition) is 4. The molecule has 22 heavy (non-hydrogen) atoms. The minimum atomic E-state index is -0.289. The number of piperidine rings is 1. The fourth-order valence-electron chi connectivity index (χ4n) is 2.40. The molecule has 0 atom stereocenters. The normalized spacial score (nSPS) is 17.2. The number of halogens is 2. The summed E-state index contributed by atoms with van der Waals surface area (Å²) in [6.07, 6.45) is 1.59. The molecule has 0 saturated carbocycles. The van der Waals surface area contributed by atoms with Gasteiger partial charge in [-0.2, -0.15) is 0 Å². The van der Waals surface area contributed by atoms with Gasteiger partial charge in [0.25, 0.3) is 0 Å². The Balaban J connectivity index is 1.94. The molecule has 1 aromatic rings. The summed E-state index contributed by atoms with van der Waals surface area (Å²) in [4.78, 5) is 2.20. The smallest absolute Gasteiger partial charge is 0.207 e. The summed E-state index contributed by atoms with van der Waals surface area (Å²) in [5, 5.41) is 10.3. The van der Waals surface area contributed by atoms with Gasteiger partial charge in [-0.3, -0.25) is 5.84 Å². The van der Waals surface area contributed by atoms with Gasteiger partial charge < -0.3 is 25.9 Å². The van der Waals surface area contributed by atoms with E-state index in [0.29, 0.717) is 10.0 Å². The maximum Gasteiger partial charge on any atom is 0.207 e. The van der Waals surface area contributed by atoms with E-state index >= 15 is 0 Å². The highest BCUT2D eigenvalue weighted by molar-refractivity contribution is 6.35. The molecule has 1 heterocycles. The van der Waals surface area contributed by atoms with Gasteiger partial charge in [-0.1, -0.05) is 23.2 Å². The number of nitrogens with zero attached hydrogens (tertiary/aromatic N) is 1. The van der Waals surface area contributed by atoms with Gasteiger partial charge in [0.1, 0.15) is 11.8 Å². The van der Waals surface area contributed by atoms with Crippen molar-refractivity contribution in [2.75, 3.05) is 24.6 Å². The van der Waals surface area contributed by atoms with E-state index in [1.807, 2.05) is 12.1 Å². The van der Waals surface area contributed by atoms with Crippen molar-refractivity contribution in [3.05, 3.63) is 39.8 Å². The van der Waals surface area contributed by atoms with Crippen LogP contribution in [0.4, 0.5) is 5.69 Å². The van der Waals surface area contributed by atoms with Crippen molar-refractivity contribution in [3.8, 4) is 0 Å². The molecule has 0 amide bonds. The average molecular weight is 347 g/mol. The van der Waals surface area contributed by atoms with Gasteiger partial charge >= 0.3 is 0 Å². The Morgan fingerprint density at radius 1 is 1.27 bits per heavy atom. The maximum absolute atomic E-state index is 9.08. The van der Waals surface area contributed by atoms with Gasteiger partial charge in [-0.15, -0.1) is 0 Å². The molecule has 0 aromatic heterocycles. The molecule has 1 fully saturated rings. The van der Waals surface area contributed by atoms with Gasteiger partial charge in [-0.25, -0.2) is 0 Å². The van der Waals surface area contributed by atoms with E-state index in [2.05, 4.69) is 10.3 Å². The van der Waals surface area contributed by atoms with Gasteiger partial charge in [0.05, 0.1) is 6.61 Å². The highest BCUT2D eigenvalue weighted by atomic mass is 35.5. The van der Waals surface area contributed by atoms with Crippen molar-refractivity contribution in [2.24, 2.45) is 11.6 Å². The van der Waals surface area contributed by atoms with Gasteiger partial charge in [0.15, 0.2) is 0 Å². The maximum atomic E-state index is 9.08. The zero-order chi connectivity index (χ0) is 16.1. The van der Waals surface area contributed by atoms with Crippen LogP contribution < -0.4 is 21.9 Å². The molecular weight excluding hydrogens is 327 g/mol. The van der Waals surface area contributed by atoms with E-state index in [-0.39, 0.29) is 24.3 Å². The summed E-state index contributed by atoms with van der Waals surface area (Å²) in [6.45, 7) is 1.32. The van der Waals surface area contributed by atoms with Crippen molar-refractivity contribution in [2.45, 2.75) is 18.9 Å². The first-order chi connectivity index (χ1) is 10.5. The molecule has 2 rings (SSSR count). The minimum absolute atomic E-state index is 0.0131. The molecule has 0 unspecified atom stereocenters. The molecule has 1 aliphatic rings. The summed E-state index contributed by atoms with van der Waals surface area (Å²) >= 11 is 12.1. The van der Waals surface area contributed by atoms with Crippen LogP contribution in [0.2, 0.25) is 10.0 Å². The lowest BCUT2D eigenvalue weighted by Crippen LogP contribution is -2.38. The number of hydrazine groups is 1. The predicted molar refractivity (Wildman–Crippen MR) is 88.4 cm³/mol. The average Bonchev–Trinajstić information content (AvgIpc) is 2.48. The van der Waals surface area contributed by atoms with E-state index in [1.54, 1.807) is 6.07 Å². The number of hydrogen-bond acceptors (Lipinski definition) is 6. The van der Waals surface area contributed by atoms with Crippen molar-refractivity contribution in [3.63, 3.8) is 0 Å². The predicted octanol–water partition coefficient (Wildman–Crippen LogP) is 1.56. The first kappa shape index (κ1) is 17.0. The Hall–Kier alpha value is -1.34. The topological polar surface area (TPSA) is 96.8 Å². The highest BCUT2D eigenvalue weighted by Crippen LogP contribution is 2.28. The Morgan fingerprint density at radius 2 is 1.86 bits per heavy atom. The summed E-state index contributed by atoms with van der Waals surface area (Å²) in [6, 6.07) is 5.50. The van der Waals surface area contributed by atoms with Crippen LogP contribution >= 0.6 is 23.2 Å². The molecule has 0 radical (unpaired) electrons. The SMILES string of the molecule is NN/C(CO)=C(\N)OC1CCN(c2cc(Cl)cc(Cl)c2)CC1. The Bertz CT molecular complexity index is 519. The van der Waals surface area contributed by atoms with Crippen molar-refractivity contribution < 1.29 is 9.84 Å². The quantitative estimate of drug-likeness (QED) is 0.367. The highest BCUT2D eigenvalue weighted by Gasteiger charge is 2.22. The van der Waals surface area contributed by atoms with Gasteiger partial charge in [0.2, 0.25) is 5.88 Å². The third kappa shape index (κ3) is 4.33. The Morgan fingerprint density at radius 3 is 2.36 bits per heavy atom. The largest absolute Gasteiger partial charge is 0.475 e. The number of nitrogens with two attached hydrogens (primary N) is 2. The van der Waals surface area contributed by atoms with Crippen LogP contribution in [0.1, 0.15) is 12.8 Å². The lowest BCUT2D eigenvalue weighted by molar-refractivity contribution is 0.0864. The molecule has 6 N–H and O–H groups in total. The Kier molecular flexibility index (Phi) is 6.02. The molecule has 1 aromatic carbocycles. The van der Waals surface area contributed by atoms with Crippen LogP contribution in [0, 0.1) is 0 Å². The fraction of sp³-hybridized carbons (Fsp3) is 0.429. The lowest BCUT2D eigenvalue weighted by Gasteiger charge is -2.34. The van der Waals surface area contributed by atoms with Crippen LogP contribution in [0.15, 0.2) is 29.8 Å². The summed E-state index contributed by atoms with van der Waals surface area (Å²) < 4.78 is 5.64. The molecule has 122 valence electrons. The van der Waals surface area contributed by atoms with Crippen molar-refractivity contribution in [1.82, 2.24) is 5.43 Å². The third-order valence-electron chi connectivity index (χ3n) is 3.58. The van der Waals surface area contributed by atoms with Gasteiger partial charge in [0, 0.05) is 41.7 Å². The van der Waals surface area contributed by atoms with Crippen LogP contribution in [0.5, 0.6) is 0 Å². The molecule has 0 aliphatic carbocycles. The van der Waals surface area contributed by atoms with Crippen LogP contribution in [0.3, 0.4) is 0 Å². The second-order valence-corrected chi connectivity index (χ2v) is 5.95.